The molecular weight excluding hydrogens is 210 g/mol. The van der Waals surface area contributed by atoms with E-state index in [2.05, 4.69) is 6.92 Å². The van der Waals surface area contributed by atoms with Gasteiger partial charge in [0.25, 0.3) is 0 Å². The van der Waals surface area contributed by atoms with Crippen molar-refractivity contribution in [3.05, 3.63) is 28.8 Å². The Labute approximate surface area is 96.0 Å². The van der Waals surface area contributed by atoms with E-state index in [1.165, 1.54) is 12.8 Å². The van der Waals surface area contributed by atoms with Gasteiger partial charge in [0, 0.05) is 10.5 Å². The van der Waals surface area contributed by atoms with E-state index in [0.29, 0.717) is 10.5 Å². The highest BCUT2D eigenvalue weighted by molar-refractivity contribution is 6.62. The van der Waals surface area contributed by atoms with Crippen LogP contribution in [0.4, 0.5) is 0 Å². The minimum absolute atomic E-state index is 0.371. The molecule has 0 bridgehead atoms. The second kappa shape index (κ2) is 6.16. The summed E-state index contributed by atoms with van der Waals surface area (Å²) in [6, 6.07) is 5.39. The molecule has 0 atom stereocenters. The first-order valence-electron chi connectivity index (χ1n) is 5.29. The standard InChI is InChI=1S/C11H16BClO2/c1-2-3-4-5-9-6-7-10(12(14)15)11(13)8-9/h6-8,14-15H,2-5H2,1H3. The van der Waals surface area contributed by atoms with Gasteiger partial charge in [-0.3, -0.25) is 0 Å². The van der Waals surface area contributed by atoms with Crippen molar-refractivity contribution in [2.75, 3.05) is 0 Å². The van der Waals surface area contributed by atoms with Crippen LogP contribution in [0.3, 0.4) is 0 Å². The quantitative estimate of drug-likeness (QED) is 0.593. The van der Waals surface area contributed by atoms with E-state index in [9.17, 15) is 0 Å². The molecule has 0 saturated carbocycles. The summed E-state index contributed by atoms with van der Waals surface area (Å²) in [4.78, 5) is 0. The first-order valence-corrected chi connectivity index (χ1v) is 5.67. The number of halogens is 1. The van der Waals surface area contributed by atoms with E-state index in [1.807, 2.05) is 12.1 Å². The zero-order valence-corrected chi connectivity index (χ0v) is 9.67. The Morgan fingerprint density at radius 1 is 1.27 bits per heavy atom. The second-order valence-corrected chi connectivity index (χ2v) is 4.09. The zero-order valence-electron chi connectivity index (χ0n) is 8.91. The third kappa shape index (κ3) is 3.86. The average Bonchev–Trinajstić information content (AvgIpc) is 2.17. The van der Waals surface area contributed by atoms with Crippen molar-refractivity contribution in [2.24, 2.45) is 0 Å². The van der Waals surface area contributed by atoms with Crippen LogP contribution < -0.4 is 5.46 Å². The Morgan fingerprint density at radius 3 is 2.53 bits per heavy atom. The Kier molecular flexibility index (Phi) is 5.16. The maximum Gasteiger partial charge on any atom is 0.489 e. The lowest BCUT2D eigenvalue weighted by molar-refractivity contribution is 0.426. The predicted molar refractivity (Wildman–Crippen MR) is 64.5 cm³/mol. The van der Waals surface area contributed by atoms with Crippen LogP contribution in [0, 0.1) is 0 Å². The Hall–Kier alpha value is -0.505. The molecular formula is C11H16BClO2. The highest BCUT2D eigenvalue weighted by atomic mass is 35.5. The van der Waals surface area contributed by atoms with Gasteiger partial charge in [0.2, 0.25) is 0 Å². The molecule has 0 aliphatic rings. The average molecular weight is 227 g/mol. The van der Waals surface area contributed by atoms with E-state index in [-0.39, 0.29) is 0 Å². The summed E-state index contributed by atoms with van der Waals surface area (Å²) < 4.78 is 0. The van der Waals surface area contributed by atoms with Crippen LogP contribution in [0.1, 0.15) is 31.7 Å². The van der Waals surface area contributed by atoms with Crippen molar-refractivity contribution < 1.29 is 10.0 Å². The summed E-state index contributed by atoms with van der Waals surface area (Å²) in [6.45, 7) is 2.16. The highest BCUT2D eigenvalue weighted by Crippen LogP contribution is 2.12. The van der Waals surface area contributed by atoms with Gasteiger partial charge in [0.05, 0.1) is 0 Å². The van der Waals surface area contributed by atoms with Crippen LogP contribution in [0.2, 0.25) is 5.02 Å². The number of benzene rings is 1. The number of hydrogen-bond donors (Lipinski definition) is 2. The molecule has 82 valence electrons. The molecule has 0 heterocycles. The third-order valence-electron chi connectivity index (χ3n) is 2.41. The van der Waals surface area contributed by atoms with Crippen LogP contribution >= 0.6 is 11.6 Å². The van der Waals surface area contributed by atoms with E-state index in [4.69, 9.17) is 21.6 Å². The van der Waals surface area contributed by atoms with Gasteiger partial charge in [-0.2, -0.15) is 0 Å². The summed E-state index contributed by atoms with van der Waals surface area (Å²) in [5.41, 5.74) is 1.52. The van der Waals surface area contributed by atoms with E-state index < -0.39 is 7.12 Å². The van der Waals surface area contributed by atoms with Gasteiger partial charge < -0.3 is 10.0 Å². The molecule has 0 aliphatic heterocycles. The molecule has 2 N–H and O–H groups in total. The monoisotopic (exact) mass is 226 g/mol. The first kappa shape index (κ1) is 12.6. The van der Waals surface area contributed by atoms with Gasteiger partial charge in [-0.1, -0.05) is 43.5 Å². The fourth-order valence-corrected chi connectivity index (χ4v) is 1.82. The molecule has 0 amide bonds. The zero-order chi connectivity index (χ0) is 11.3. The molecule has 0 aromatic heterocycles. The van der Waals surface area contributed by atoms with Gasteiger partial charge >= 0.3 is 7.12 Å². The number of hydrogen-bond acceptors (Lipinski definition) is 2. The SMILES string of the molecule is CCCCCc1ccc(B(O)O)c(Cl)c1. The van der Waals surface area contributed by atoms with Crippen molar-refractivity contribution in [2.45, 2.75) is 32.6 Å². The van der Waals surface area contributed by atoms with Crippen LogP contribution in [0.5, 0.6) is 0 Å². The number of unbranched alkanes of at least 4 members (excludes halogenated alkanes) is 2. The molecule has 1 aromatic rings. The first-order chi connectivity index (χ1) is 7.15. The summed E-state index contributed by atoms with van der Waals surface area (Å²) in [5, 5.41) is 18.4. The summed E-state index contributed by atoms with van der Waals surface area (Å²) in [5.74, 6) is 0. The highest BCUT2D eigenvalue weighted by Gasteiger charge is 2.14. The summed E-state index contributed by atoms with van der Waals surface area (Å²) in [7, 11) is -1.48. The van der Waals surface area contributed by atoms with Crippen molar-refractivity contribution in [1.29, 1.82) is 0 Å². The molecule has 2 nitrogen and oxygen atoms in total. The number of aryl methyl sites for hydroxylation is 1. The fourth-order valence-electron chi connectivity index (χ4n) is 1.51. The van der Waals surface area contributed by atoms with Gasteiger partial charge in [0.1, 0.15) is 0 Å². The topological polar surface area (TPSA) is 40.5 Å². The fraction of sp³-hybridized carbons (Fsp3) is 0.455. The largest absolute Gasteiger partial charge is 0.489 e. The Bertz CT molecular complexity index is 315. The summed E-state index contributed by atoms with van der Waals surface area (Å²) in [6.07, 6.45) is 4.55. The molecule has 0 spiro atoms. The Morgan fingerprint density at radius 2 is 2.00 bits per heavy atom. The van der Waals surface area contributed by atoms with E-state index in [1.54, 1.807) is 6.07 Å². The molecule has 0 saturated heterocycles. The molecule has 1 rings (SSSR count). The van der Waals surface area contributed by atoms with Crippen LogP contribution in [0.15, 0.2) is 18.2 Å². The van der Waals surface area contributed by atoms with Crippen LogP contribution in [0.25, 0.3) is 0 Å². The molecule has 0 unspecified atom stereocenters. The molecule has 0 fully saturated rings. The van der Waals surface area contributed by atoms with Crippen LogP contribution in [-0.4, -0.2) is 17.2 Å². The van der Waals surface area contributed by atoms with E-state index in [0.717, 1.165) is 18.4 Å². The minimum Gasteiger partial charge on any atom is -0.423 e. The smallest absolute Gasteiger partial charge is 0.423 e. The molecule has 15 heavy (non-hydrogen) atoms. The lowest BCUT2D eigenvalue weighted by Crippen LogP contribution is -2.30. The lowest BCUT2D eigenvalue weighted by Gasteiger charge is -2.06. The van der Waals surface area contributed by atoms with E-state index >= 15 is 0 Å². The predicted octanol–water partition coefficient (Wildman–Crippen LogP) is 1.75. The van der Waals surface area contributed by atoms with Gasteiger partial charge in [-0.05, 0) is 24.5 Å². The molecule has 4 heteroatoms. The normalized spacial score (nSPS) is 10.4. The molecule has 1 aromatic carbocycles. The van der Waals surface area contributed by atoms with Gasteiger partial charge in [-0.25, -0.2) is 0 Å². The second-order valence-electron chi connectivity index (χ2n) is 3.69. The van der Waals surface area contributed by atoms with Crippen LogP contribution in [-0.2, 0) is 6.42 Å². The van der Waals surface area contributed by atoms with Crippen molar-refractivity contribution in [1.82, 2.24) is 0 Å². The van der Waals surface area contributed by atoms with Gasteiger partial charge in [-0.15, -0.1) is 0 Å². The summed E-state index contributed by atoms with van der Waals surface area (Å²) >= 11 is 5.92. The minimum atomic E-state index is -1.48. The third-order valence-corrected chi connectivity index (χ3v) is 2.74. The molecule has 0 radical (unpaired) electrons. The van der Waals surface area contributed by atoms with Gasteiger partial charge in [0.15, 0.2) is 0 Å². The molecule has 0 aliphatic carbocycles. The van der Waals surface area contributed by atoms with Crippen molar-refractivity contribution in [3.63, 3.8) is 0 Å². The maximum atomic E-state index is 8.98. The van der Waals surface area contributed by atoms with Crippen molar-refractivity contribution in [3.8, 4) is 0 Å². The van der Waals surface area contributed by atoms with Crippen molar-refractivity contribution >= 4 is 24.2 Å². The number of rotatable bonds is 5. The lowest BCUT2D eigenvalue weighted by atomic mass is 9.80. The maximum absolute atomic E-state index is 8.98. The Balaban J connectivity index is 2.65.